The quantitative estimate of drug-likeness (QED) is 0.430. The molecule has 30 heavy (non-hydrogen) atoms. The van der Waals surface area contributed by atoms with Crippen molar-refractivity contribution in [2.45, 2.75) is 40.0 Å². The number of nitrogens with one attached hydrogen (secondary N) is 1. The van der Waals surface area contributed by atoms with Crippen molar-refractivity contribution in [3.63, 3.8) is 0 Å². The third-order valence-corrected chi connectivity index (χ3v) is 3.03. The molecule has 0 saturated carbocycles. The van der Waals surface area contributed by atoms with Crippen LogP contribution in [-0.2, 0) is 19.1 Å². The average molecular weight is 443 g/mol. The zero-order chi connectivity index (χ0) is 23.9. The largest absolute Gasteiger partial charge is 0.462 e. The molecule has 1 N–H and O–H groups in total. The van der Waals surface area contributed by atoms with Gasteiger partial charge in [-0.05, 0) is 25.1 Å². The van der Waals surface area contributed by atoms with Crippen LogP contribution in [0.1, 0.15) is 38.1 Å². The van der Waals surface area contributed by atoms with Crippen molar-refractivity contribution < 1.29 is 50.3 Å². The molecule has 1 aromatic rings. The lowest BCUT2D eigenvalue weighted by atomic mass is 9.95. The fourth-order valence-corrected chi connectivity index (χ4v) is 1.51. The van der Waals surface area contributed by atoms with Crippen molar-refractivity contribution in [2.75, 3.05) is 11.9 Å². The number of hydrogen-bond donors (Lipinski definition) is 1. The number of ether oxygens (including phenoxy) is 1. The van der Waals surface area contributed by atoms with E-state index in [-0.39, 0.29) is 11.9 Å². The normalized spacial score (nSPS) is 11.7. The van der Waals surface area contributed by atoms with Gasteiger partial charge in [-0.15, -0.1) is 0 Å². The number of amides is 1. The van der Waals surface area contributed by atoms with Crippen LogP contribution in [0.3, 0.4) is 0 Å². The first kappa shape index (κ1) is 27.1. The van der Waals surface area contributed by atoms with Gasteiger partial charge in [0.15, 0.2) is 0 Å². The van der Waals surface area contributed by atoms with Crippen LogP contribution in [0.5, 0.6) is 0 Å². The topological polar surface area (TPSA) is 89.5 Å². The van der Waals surface area contributed by atoms with Crippen molar-refractivity contribution in [1.82, 2.24) is 0 Å². The summed E-state index contributed by atoms with van der Waals surface area (Å²) in [5.41, 5.74) is 0.559. The second-order valence-corrected chi connectivity index (χ2v) is 6.66. The van der Waals surface area contributed by atoms with Gasteiger partial charge < -0.3 is 10.1 Å². The van der Waals surface area contributed by atoms with Gasteiger partial charge in [0.2, 0.25) is 5.91 Å². The zero-order valence-corrected chi connectivity index (χ0v) is 16.3. The first-order chi connectivity index (χ1) is 13.4. The Kier molecular flexibility index (Phi) is 9.22. The number of esters is 1. The number of carbonyl (C=O) groups is 4. The van der Waals surface area contributed by atoms with Crippen molar-refractivity contribution in [3.05, 3.63) is 29.8 Å². The molecule has 0 unspecified atom stereocenters. The standard InChI is InChI=1S/C14H19NO3.C4F6O2/c1-5-18-12(16)10-7-6-8-11(9-10)15-13(17)14(2,3)4;5-3(6,7)1(11)2(12)4(8,9)10/h6-9H,5H2,1-4H3,(H,15,17);. The van der Waals surface area contributed by atoms with Crippen molar-refractivity contribution >= 4 is 29.1 Å². The van der Waals surface area contributed by atoms with Crippen LogP contribution in [0.4, 0.5) is 32.0 Å². The Morgan fingerprint density at radius 2 is 1.37 bits per heavy atom. The molecular weight excluding hydrogens is 424 g/mol. The van der Waals surface area contributed by atoms with Gasteiger partial charge in [0, 0.05) is 11.1 Å². The average Bonchev–Trinajstić information content (AvgIpc) is 2.59. The van der Waals surface area contributed by atoms with E-state index in [1.54, 1.807) is 31.2 Å². The number of Topliss-reactive ketones (excluding diaryl/α,β-unsaturated/α-hetero) is 2. The number of anilines is 1. The van der Waals surface area contributed by atoms with Crippen molar-refractivity contribution in [1.29, 1.82) is 0 Å². The van der Waals surface area contributed by atoms with Gasteiger partial charge in [-0.3, -0.25) is 14.4 Å². The lowest BCUT2D eigenvalue weighted by Crippen LogP contribution is -2.39. The maximum Gasteiger partial charge on any atom is 0.458 e. The highest BCUT2D eigenvalue weighted by Crippen LogP contribution is 2.24. The van der Waals surface area contributed by atoms with Gasteiger partial charge >= 0.3 is 29.9 Å². The van der Waals surface area contributed by atoms with Crippen LogP contribution in [0.25, 0.3) is 0 Å². The Labute approximate surface area is 167 Å². The smallest absolute Gasteiger partial charge is 0.458 e. The Bertz CT molecular complexity index is 769. The molecule has 0 aliphatic carbocycles. The van der Waals surface area contributed by atoms with E-state index in [0.717, 1.165) is 0 Å². The number of benzene rings is 1. The molecule has 0 heterocycles. The summed E-state index contributed by atoms with van der Waals surface area (Å²) in [5.74, 6) is -7.29. The Morgan fingerprint density at radius 3 is 1.73 bits per heavy atom. The minimum absolute atomic E-state index is 0.0940. The summed E-state index contributed by atoms with van der Waals surface area (Å²) in [6, 6.07) is 6.73. The van der Waals surface area contributed by atoms with Crippen LogP contribution >= 0.6 is 0 Å². The third-order valence-electron chi connectivity index (χ3n) is 3.03. The molecule has 1 amide bonds. The maximum atomic E-state index is 11.8. The molecule has 168 valence electrons. The fourth-order valence-electron chi connectivity index (χ4n) is 1.51. The minimum atomic E-state index is -5.77. The predicted molar refractivity (Wildman–Crippen MR) is 92.6 cm³/mol. The number of hydrogen-bond acceptors (Lipinski definition) is 5. The van der Waals surface area contributed by atoms with Gasteiger partial charge in [0.05, 0.1) is 12.2 Å². The van der Waals surface area contributed by atoms with Crippen LogP contribution in [0.2, 0.25) is 0 Å². The summed E-state index contributed by atoms with van der Waals surface area (Å²) in [4.78, 5) is 42.6. The Morgan fingerprint density at radius 1 is 0.900 bits per heavy atom. The lowest BCUT2D eigenvalue weighted by molar-refractivity contribution is -0.193. The molecular formula is C18H19F6NO5. The van der Waals surface area contributed by atoms with E-state index in [9.17, 15) is 45.5 Å². The molecule has 0 saturated heterocycles. The summed E-state index contributed by atoms with van der Waals surface area (Å²) in [7, 11) is 0. The number of rotatable bonds is 4. The van der Waals surface area contributed by atoms with E-state index in [2.05, 4.69) is 5.32 Å². The number of carbonyl (C=O) groups excluding carboxylic acids is 4. The highest BCUT2D eigenvalue weighted by atomic mass is 19.4. The molecule has 0 aliphatic rings. The zero-order valence-electron chi connectivity index (χ0n) is 16.3. The number of halogens is 6. The number of ketones is 2. The van der Waals surface area contributed by atoms with E-state index in [1.807, 2.05) is 20.8 Å². The van der Waals surface area contributed by atoms with Crippen LogP contribution < -0.4 is 5.32 Å². The first-order valence-corrected chi connectivity index (χ1v) is 8.22. The van der Waals surface area contributed by atoms with Crippen LogP contribution in [0, 0.1) is 5.41 Å². The molecule has 0 aliphatic heterocycles. The van der Waals surface area contributed by atoms with E-state index in [4.69, 9.17) is 4.74 Å². The number of alkyl halides is 6. The van der Waals surface area contributed by atoms with Gasteiger partial charge in [-0.1, -0.05) is 26.8 Å². The fraction of sp³-hybridized carbons (Fsp3) is 0.444. The van der Waals surface area contributed by atoms with Gasteiger partial charge in [0.25, 0.3) is 0 Å². The highest BCUT2D eigenvalue weighted by molar-refractivity contribution is 6.41. The van der Waals surface area contributed by atoms with Gasteiger partial charge in [-0.25, -0.2) is 4.79 Å². The Hall–Kier alpha value is -2.92. The van der Waals surface area contributed by atoms with Crippen molar-refractivity contribution in [3.8, 4) is 0 Å². The molecule has 0 radical (unpaired) electrons. The van der Waals surface area contributed by atoms with Gasteiger partial charge in [-0.2, -0.15) is 26.3 Å². The molecule has 12 heteroatoms. The summed E-state index contributed by atoms with van der Waals surface area (Å²) >= 11 is 0. The van der Waals surface area contributed by atoms with Crippen LogP contribution in [-0.4, -0.2) is 42.4 Å². The molecule has 0 atom stereocenters. The summed E-state index contributed by atoms with van der Waals surface area (Å²) < 4.78 is 71.9. The monoisotopic (exact) mass is 443 g/mol. The summed E-state index contributed by atoms with van der Waals surface area (Å²) in [5, 5.41) is 2.77. The van der Waals surface area contributed by atoms with Crippen molar-refractivity contribution in [2.24, 2.45) is 5.41 Å². The van der Waals surface area contributed by atoms with E-state index in [1.165, 1.54) is 0 Å². The molecule has 0 fully saturated rings. The molecule has 1 rings (SSSR count). The summed E-state index contributed by atoms with van der Waals surface area (Å²) in [6.45, 7) is 7.58. The first-order valence-electron chi connectivity index (χ1n) is 8.22. The minimum Gasteiger partial charge on any atom is -0.462 e. The van der Waals surface area contributed by atoms with E-state index in [0.29, 0.717) is 17.9 Å². The predicted octanol–water partition coefficient (Wildman–Crippen LogP) is 4.10. The van der Waals surface area contributed by atoms with E-state index < -0.39 is 29.3 Å². The highest BCUT2D eigenvalue weighted by Gasteiger charge is 2.54. The van der Waals surface area contributed by atoms with Gasteiger partial charge in [0.1, 0.15) is 0 Å². The molecule has 6 nitrogen and oxygen atoms in total. The Balaban J connectivity index is 0.000000612. The third kappa shape index (κ3) is 9.05. The van der Waals surface area contributed by atoms with Crippen LogP contribution in [0.15, 0.2) is 24.3 Å². The molecule has 0 bridgehead atoms. The maximum absolute atomic E-state index is 11.8. The lowest BCUT2D eigenvalue weighted by Gasteiger charge is -2.17. The van der Waals surface area contributed by atoms with E-state index >= 15 is 0 Å². The SMILES string of the molecule is CCOC(=O)c1cccc(NC(=O)C(C)(C)C)c1.O=C(C(=O)C(F)(F)F)C(F)(F)F. The second-order valence-electron chi connectivity index (χ2n) is 6.66. The molecule has 0 aromatic heterocycles. The second kappa shape index (κ2) is 10.2. The molecule has 0 spiro atoms. The molecule has 1 aromatic carbocycles. The summed E-state index contributed by atoms with van der Waals surface area (Å²) in [6.07, 6.45) is -11.5.